The average molecular weight is 503 g/mol. The van der Waals surface area contributed by atoms with Crippen molar-refractivity contribution < 1.29 is 19.7 Å². The molecule has 0 radical (unpaired) electrons. The van der Waals surface area contributed by atoms with Gasteiger partial charge in [0.1, 0.15) is 23.0 Å². The van der Waals surface area contributed by atoms with E-state index in [2.05, 4.69) is 53.7 Å². The summed E-state index contributed by atoms with van der Waals surface area (Å²) >= 11 is 1.55. The zero-order valence-corrected chi connectivity index (χ0v) is 23.9. The summed E-state index contributed by atoms with van der Waals surface area (Å²) in [5.74, 6) is 1.78. The van der Waals surface area contributed by atoms with Gasteiger partial charge in [0.2, 0.25) is 0 Å². The number of phenols is 2. The lowest BCUT2D eigenvalue weighted by Gasteiger charge is -2.28. The van der Waals surface area contributed by atoms with Crippen LogP contribution in [0.25, 0.3) is 0 Å². The van der Waals surface area contributed by atoms with Crippen molar-refractivity contribution in [2.45, 2.75) is 114 Å². The molecule has 0 bridgehead atoms. The number of unbranched alkanes of at least 4 members (excludes halogenated alkanes) is 4. The van der Waals surface area contributed by atoms with Crippen molar-refractivity contribution in [1.82, 2.24) is 0 Å². The van der Waals surface area contributed by atoms with E-state index in [1.54, 1.807) is 38.1 Å². The van der Waals surface area contributed by atoms with Crippen molar-refractivity contribution in [2.75, 3.05) is 14.2 Å². The highest BCUT2D eigenvalue weighted by Crippen LogP contribution is 2.48. The third-order valence-electron chi connectivity index (χ3n) is 7.05. The predicted molar refractivity (Wildman–Crippen MR) is 148 cm³/mol. The van der Waals surface area contributed by atoms with Gasteiger partial charge in [-0.05, 0) is 35.8 Å². The first-order valence-corrected chi connectivity index (χ1v) is 13.8. The van der Waals surface area contributed by atoms with Gasteiger partial charge >= 0.3 is 0 Å². The standard InChI is InChI=1S/C30H46O4S/c1-9-11-13-15-29(3,4)21-17-27(25(33-7)19-23(21)31)35-28-18-22(24(32)20-26(28)34-8)30(5,6)16-14-12-10-2/h17-20,31-32H,9-16H2,1-8H3. The van der Waals surface area contributed by atoms with Crippen LogP contribution in [0.5, 0.6) is 23.0 Å². The second kappa shape index (κ2) is 12.8. The molecule has 0 atom stereocenters. The third kappa shape index (κ3) is 7.49. The maximum absolute atomic E-state index is 10.8. The fraction of sp³-hybridized carbons (Fsp3) is 0.600. The molecular formula is C30H46O4S. The maximum Gasteiger partial charge on any atom is 0.136 e. The van der Waals surface area contributed by atoms with E-state index in [0.717, 1.165) is 46.6 Å². The Morgan fingerprint density at radius 2 is 1.03 bits per heavy atom. The third-order valence-corrected chi connectivity index (χ3v) is 8.13. The number of rotatable bonds is 14. The van der Waals surface area contributed by atoms with Gasteiger partial charge in [-0.1, -0.05) is 91.8 Å². The first-order valence-electron chi connectivity index (χ1n) is 13.0. The SMILES string of the molecule is CCCCCC(C)(C)c1cc(Sc2cc(C(C)(C)CCCCC)c(O)cc2OC)c(OC)cc1O. The summed E-state index contributed by atoms with van der Waals surface area (Å²) in [6, 6.07) is 7.57. The van der Waals surface area contributed by atoms with Crippen LogP contribution in [0.3, 0.4) is 0 Å². The first kappa shape index (κ1) is 29.2. The van der Waals surface area contributed by atoms with Crippen molar-refractivity contribution in [3.8, 4) is 23.0 Å². The van der Waals surface area contributed by atoms with Crippen molar-refractivity contribution >= 4 is 11.8 Å². The van der Waals surface area contributed by atoms with E-state index < -0.39 is 0 Å². The molecule has 35 heavy (non-hydrogen) atoms. The monoisotopic (exact) mass is 502 g/mol. The molecule has 2 aromatic carbocycles. The highest BCUT2D eigenvalue weighted by atomic mass is 32.2. The summed E-state index contributed by atoms with van der Waals surface area (Å²) in [7, 11) is 3.25. The number of hydrogen-bond donors (Lipinski definition) is 2. The van der Waals surface area contributed by atoms with Crippen LogP contribution in [-0.2, 0) is 10.8 Å². The molecular weight excluding hydrogens is 456 g/mol. The minimum absolute atomic E-state index is 0.160. The summed E-state index contributed by atoms with van der Waals surface area (Å²) in [5, 5.41) is 21.7. The summed E-state index contributed by atoms with van der Waals surface area (Å²) in [5.41, 5.74) is 1.53. The number of hydrogen-bond acceptors (Lipinski definition) is 5. The van der Waals surface area contributed by atoms with Crippen molar-refractivity contribution in [1.29, 1.82) is 0 Å². The topological polar surface area (TPSA) is 58.9 Å². The molecule has 2 aromatic rings. The van der Waals surface area contributed by atoms with Gasteiger partial charge in [0.15, 0.2) is 0 Å². The summed E-state index contributed by atoms with van der Waals surface area (Å²) in [6.45, 7) is 13.2. The Morgan fingerprint density at radius 1 is 0.657 bits per heavy atom. The molecule has 5 heteroatoms. The fourth-order valence-electron chi connectivity index (χ4n) is 4.68. The number of methoxy groups -OCH3 is 2. The lowest BCUT2D eigenvalue weighted by Crippen LogP contribution is -2.18. The van der Waals surface area contributed by atoms with E-state index in [9.17, 15) is 10.2 Å². The summed E-state index contributed by atoms with van der Waals surface area (Å²) in [4.78, 5) is 1.84. The lowest BCUT2D eigenvalue weighted by molar-refractivity contribution is 0.382. The minimum atomic E-state index is -0.160. The molecule has 0 amide bonds. The van der Waals surface area contributed by atoms with Gasteiger partial charge in [0.25, 0.3) is 0 Å². The van der Waals surface area contributed by atoms with Gasteiger partial charge in [-0.25, -0.2) is 0 Å². The molecule has 0 heterocycles. The van der Waals surface area contributed by atoms with Crippen LogP contribution in [0.4, 0.5) is 0 Å². The summed E-state index contributed by atoms with van der Waals surface area (Å²) < 4.78 is 11.3. The average Bonchev–Trinajstić information content (AvgIpc) is 2.80. The van der Waals surface area contributed by atoms with Crippen molar-refractivity contribution in [3.63, 3.8) is 0 Å². The largest absolute Gasteiger partial charge is 0.508 e. The van der Waals surface area contributed by atoms with Crippen molar-refractivity contribution in [3.05, 3.63) is 35.4 Å². The highest BCUT2D eigenvalue weighted by molar-refractivity contribution is 7.99. The quantitative estimate of drug-likeness (QED) is 0.252. The molecule has 0 aliphatic heterocycles. The molecule has 0 aliphatic rings. The second-order valence-corrected chi connectivity index (χ2v) is 11.9. The first-order chi connectivity index (χ1) is 16.5. The molecule has 2 rings (SSSR count). The Kier molecular flexibility index (Phi) is 10.7. The number of benzene rings is 2. The Balaban J connectivity index is 2.51. The van der Waals surface area contributed by atoms with Gasteiger partial charge in [0, 0.05) is 23.3 Å². The molecule has 0 aromatic heterocycles. The van der Waals surface area contributed by atoms with Crippen molar-refractivity contribution in [2.24, 2.45) is 0 Å². The zero-order chi connectivity index (χ0) is 26.2. The Bertz CT molecular complexity index is 888. The number of aromatic hydroxyl groups is 2. The normalized spacial score (nSPS) is 12.1. The zero-order valence-electron chi connectivity index (χ0n) is 23.1. The van der Waals surface area contributed by atoms with E-state index >= 15 is 0 Å². The molecule has 2 N–H and O–H groups in total. The van der Waals surface area contributed by atoms with Crippen LogP contribution in [-0.4, -0.2) is 24.4 Å². The second-order valence-electron chi connectivity index (χ2n) is 10.8. The molecule has 0 saturated carbocycles. The molecule has 0 spiro atoms. The van der Waals surface area contributed by atoms with Crippen LogP contribution in [0.1, 0.15) is 104 Å². The number of ether oxygens (including phenoxy) is 2. The number of phenolic OH excluding ortho intramolecular Hbond substituents is 2. The van der Waals surface area contributed by atoms with Crippen LogP contribution in [0.15, 0.2) is 34.1 Å². The molecule has 0 fully saturated rings. The van der Waals surface area contributed by atoms with Crippen LogP contribution in [0.2, 0.25) is 0 Å². The van der Waals surface area contributed by atoms with Crippen LogP contribution < -0.4 is 9.47 Å². The van der Waals surface area contributed by atoms with E-state index in [1.807, 2.05) is 0 Å². The lowest BCUT2D eigenvalue weighted by atomic mass is 9.79. The van der Waals surface area contributed by atoms with E-state index in [0.29, 0.717) is 11.5 Å². The minimum Gasteiger partial charge on any atom is -0.508 e. The van der Waals surface area contributed by atoms with E-state index in [4.69, 9.17) is 9.47 Å². The fourth-order valence-corrected chi connectivity index (χ4v) is 5.76. The highest BCUT2D eigenvalue weighted by Gasteiger charge is 2.28. The molecule has 4 nitrogen and oxygen atoms in total. The summed E-state index contributed by atoms with van der Waals surface area (Å²) in [6.07, 6.45) is 8.96. The van der Waals surface area contributed by atoms with E-state index in [1.165, 1.54) is 25.7 Å². The molecule has 0 aliphatic carbocycles. The predicted octanol–water partition coefficient (Wildman–Crippen LogP) is 8.98. The van der Waals surface area contributed by atoms with Gasteiger partial charge < -0.3 is 19.7 Å². The van der Waals surface area contributed by atoms with E-state index in [-0.39, 0.29) is 22.3 Å². The van der Waals surface area contributed by atoms with Crippen LogP contribution >= 0.6 is 11.8 Å². The van der Waals surface area contributed by atoms with Crippen LogP contribution in [0, 0.1) is 0 Å². The smallest absolute Gasteiger partial charge is 0.136 e. The Labute approximate surface area is 217 Å². The Hall–Kier alpha value is -2.01. The Morgan fingerprint density at radius 3 is 1.34 bits per heavy atom. The van der Waals surface area contributed by atoms with Gasteiger partial charge in [-0.2, -0.15) is 0 Å². The maximum atomic E-state index is 10.8. The molecule has 0 unspecified atom stereocenters. The molecule has 196 valence electrons. The van der Waals surface area contributed by atoms with Gasteiger partial charge in [-0.3, -0.25) is 0 Å². The molecule has 0 saturated heterocycles. The van der Waals surface area contributed by atoms with Gasteiger partial charge in [-0.15, -0.1) is 0 Å². The van der Waals surface area contributed by atoms with Gasteiger partial charge in [0.05, 0.1) is 24.0 Å².